The molecule has 1 atom stereocenters. The highest BCUT2D eigenvalue weighted by Crippen LogP contribution is 2.26. The van der Waals surface area contributed by atoms with E-state index in [4.69, 9.17) is 11.6 Å². The maximum atomic E-state index is 11.4. The molecule has 9 heteroatoms. The third-order valence-electron chi connectivity index (χ3n) is 4.55. The molecule has 1 aromatic rings. The number of guanidine groups is 1. The second kappa shape index (κ2) is 13.0. The molecule has 0 aliphatic heterocycles. The van der Waals surface area contributed by atoms with E-state index in [1.54, 1.807) is 14.0 Å². The van der Waals surface area contributed by atoms with Crippen molar-refractivity contribution in [3.05, 3.63) is 34.9 Å². The van der Waals surface area contributed by atoms with E-state index in [0.717, 1.165) is 23.7 Å². The van der Waals surface area contributed by atoms with Crippen LogP contribution < -0.4 is 15.4 Å². The Balaban J connectivity index is 2.61. The van der Waals surface area contributed by atoms with E-state index >= 15 is 0 Å². The summed E-state index contributed by atoms with van der Waals surface area (Å²) in [7, 11) is -1.42. The van der Waals surface area contributed by atoms with Crippen LogP contribution in [0.3, 0.4) is 0 Å². The van der Waals surface area contributed by atoms with Crippen molar-refractivity contribution >= 4 is 27.6 Å². The third-order valence-corrected chi connectivity index (χ3v) is 6.30. The lowest BCUT2D eigenvalue weighted by molar-refractivity contribution is 0.219. The Bertz CT molecular complexity index is 708. The molecule has 1 aromatic carbocycles. The van der Waals surface area contributed by atoms with Gasteiger partial charge in [-0.15, -0.1) is 0 Å². The minimum atomic E-state index is -3.14. The molecule has 0 saturated carbocycles. The highest BCUT2D eigenvalue weighted by atomic mass is 35.5. The SMILES string of the molecule is CCN(CC)C(CNC(=NC)NCCCNS(=O)(=O)CC)c1ccccc1Cl. The van der Waals surface area contributed by atoms with Gasteiger partial charge in [-0.1, -0.05) is 43.6 Å². The third kappa shape index (κ3) is 8.34. The second-order valence-corrected chi connectivity index (χ2v) is 8.79. The molecule has 0 heterocycles. The van der Waals surface area contributed by atoms with E-state index in [1.165, 1.54) is 0 Å². The zero-order valence-corrected chi connectivity index (χ0v) is 18.9. The number of nitrogens with one attached hydrogen (secondary N) is 3. The van der Waals surface area contributed by atoms with Crippen LogP contribution in [0.5, 0.6) is 0 Å². The van der Waals surface area contributed by atoms with Crippen molar-refractivity contribution in [1.82, 2.24) is 20.3 Å². The molecule has 0 amide bonds. The van der Waals surface area contributed by atoms with Crippen molar-refractivity contribution in [2.75, 3.05) is 45.5 Å². The molecule has 0 aromatic heterocycles. The predicted octanol–water partition coefficient (Wildman–Crippen LogP) is 2.22. The Morgan fingerprint density at radius 2 is 1.82 bits per heavy atom. The predicted molar refractivity (Wildman–Crippen MR) is 119 cm³/mol. The molecular weight excluding hydrogens is 398 g/mol. The van der Waals surface area contributed by atoms with Crippen molar-refractivity contribution < 1.29 is 8.42 Å². The van der Waals surface area contributed by atoms with Crippen molar-refractivity contribution in [2.24, 2.45) is 4.99 Å². The first kappa shape index (κ1) is 24.7. The molecule has 0 saturated heterocycles. The van der Waals surface area contributed by atoms with Crippen LogP contribution in [0.1, 0.15) is 38.8 Å². The Hall–Kier alpha value is -1.35. The number of sulfonamides is 1. The topological polar surface area (TPSA) is 85.8 Å². The molecule has 28 heavy (non-hydrogen) atoms. The maximum absolute atomic E-state index is 11.4. The lowest BCUT2D eigenvalue weighted by atomic mass is 10.0. The zero-order chi connectivity index (χ0) is 21.0. The van der Waals surface area contributed by atoms with Gasteiger partial charge in [0.05, 0.1) is 11.8 Å². The molecule has 160 valence electrons. The van der Waals surface area contributed by atoms with Gasteiger partial charge in [0, 0.05) is 31.7 Å². The summed E-state index contributed by atoms with van der Waals surface area (Å²) in [6.45, 7) is 9.41. The summed E-state index contributed by atoms with van der Waals surface area (Å²) in [5, 5.41) is 7.34. The Kier molecular flexibility index (Phi) is 11.4. The molecule has 1 rings (SSSR count). The summed E-state index contributed by atoms with van der Waals surface area (Å²) in [5.74, 6) is 0.779. The molecule has 1 unspecified atom stereocenters. The molecule has 3 N–H and O–H groups in total. The van der Waals surface area contributed by atoms with Crippen molar-refractivity contribution in [3.63, 3.8) is 0 Å². The van der Waals surface area contributed by atoms with E-state index < -0.39 is 10.0 Å². The summed E-state index contributed by atoms with van der Waals surface area (Å²) in [6.07, 6.45) is 0.671. The van der Waals surface area contributed by atoms with E-state index in [1.807, 2.05) is 18.2 Å². The lowest BCUT2D eigenvalue weighted by Crippen LogP contribution is -2.44. The fourth-order valence-corrected chi connectivity index (χ4v) is 3.81. The summed E-state index contributed by atoms with van der Waals surface area (Å²) >= 11 is 6.44. The van der Waals surface area contributed by atoms with Crippen LogP contribution in [0.4, 0.5) is 0 Å². The highest BCUT2D eigenvalue weighted by Gasteiger charge is 2.20. The molecule has 7 nitrogen and oxygen atoms in total. The normalized spacial score (nSPS) is 13.6. The molecule has 0 aliphatic rings. The first-order chi connectivity index (χ1) is 13.4. The molecule has 0 spiro atoms. The van der Waals surface area contributed by atoms with Gasteiger partial charge >= 0.3 is 0 Å². The fraction of sp³-hybridized carbons (Fsp3) is 0.632. The van der Waals surface area contributed by atoms with Crippen LogP contribution in [0, 0.1) is 0 Å². The number of likely N-dealkylation sites (N-methyl/N-ethyl adjacent to an activating group) is 1. The number of hydrogen-bond donors (Lipinski definition) is 3. The van der Waals surface area contributed by atoms with Gasteiger partial charge in [-0.3, -0.25) is 9.89 Å². The van der Waals surface area contributed by atoms with Crippen molar-refractivity contribution in [3.8, 4) is 0 Å². The van der Waals surface area contributed by atoms with Gasteiger partial charge in [0.1, 0.15) is 0 Å². The van der Waals surface area contributed by atoms with Crippen LogP contribution in [0.25, 0.3) is 0 Å². The number of benzene rings is 1. The van der Waals surface area contributed by atoms with Gasteiger partial charge in [0.15, 0.2) is 5.96 Å². The van der Waals surface area contributed by atoms with Crippen molar-refractivity contribution in [1.29, 1.82) is 0 Å². The molecule has 0 radical (unpaired) electrons. The average molecular weight is 432 g/mol. The first-order valence-corrected chi connectivity index (χ1v) is 11.8. The monoisotopic (exact) mass is 431 g/mol. The van der Waals surface area contributed by atoms with Gasteiger partial charge < -0.3 is 10.6 Å². The largest absolute Gasteiger partial charge is 0.356 e. The van der Waals surface area contributed by atoms with Gasteiger partial charge in [-0.05, 0) is 38.1 Å². The zero-order valence-electron chi connectivity index (χ0n) is 17.3. The highest BCUT2D eigenvalue weighted by molar-refractivity contribution is 7.89. The molecule has 0 aliphatic carbocycles. The Labute approximate surface area is 175 Å². The average Bonchev–Trinajstić information content (AvgIpc) is 2.69. The molecule has 0 bridgehead atoms. The quantitative estimate of drug-likeness (QED) is 0.268. The molecule has 0 fully saturated rings. The van der Waals surface area contributed by atoms with E-state index in [-0.39, 0.29) is 11.8 Å². The number of aliphatic imine (C=N–C) groups is 1. The maximum Gasteiger partial charge on any atom is 0.211 e. The van der Waals surface area contributed by atoms with Crippen LogP contribution in [-0.2, 0) is 10.0 Å². The number of nitrogens with zero attached hydrogens (tertiary/aromatic N) is 2. The van der Waals surface area contributed by atoms with Gasteiger partial charge in [-0.2, -0.15) is 0 Å². The minimum Gasteiger partial charge on any atom is -0.356 e. The Morgan fingerprint density at radius 1 is 1.14 bits per heavy atom. The fourth-order valence-electron chi connectivity index (χ4n) is 2.88. The number of halogens is 1. The van der Waals surface area contributed by atoms with Crippen LogP contribution >= 0.6 is 11.6 Å². The van der Waals surface area contributed by atoms with Gasteiger partial charge in [0.25, 0.3) is 0 Å². The first-order valence-electron chi connectivity index (χ1n) is 9.78. The van der Waals surface area contributed by atoms with E-state index in [9.17, 15) is 8.42 Å². The van der Waals surface area contributed by atoms with Crippen LogP contribution in [0.15, 0.2) is 29.3 Å². The number of hydrogen-bond acceptors (Lipinski definition) is 4. The summed E-state index contributed by atoms with van der Waals surface area (Å²) in [6, 6.07) is 8.04. The van der Waals surface area contributed by atoms with Gasteiger partial charge in [0.2, 0.25) is 10.0 Å². The summed E-state index contributed by atoms with van der Waals surface area (Å²) in [4.78, 5) is 6.60. The number of rotatable bonds is 12. The summed E-state index contributed by atoms with van der Waals surface area (Å²) < 4.78 is 25.4. The Morgan fingerprint density at radius 3 is 2.39 bits per heavy atom. The smallest absolute Gasteiger partial charge is 0.211 e. The van der Waals surface area contributed by atoms with E-state index in [0.29, 0.717) is 32.0 Å². The van der Waals surface area contributed by atoms with E-state index in [2.05, 4.69) is 45.2 Å². The summed E-state index contributed by atoms with van der Waals surface area (Å²) in [5.41, 5.74) is 1.09. The standard InChI is InChI=1S/C19H34ClN5O2S/c1-5-25(6-2)18(16-11-8-9-12-17(16)20)15-23-19(21-4)22-13-10-14-24-28(26,27)7-3/h8-9,11-12,18,24H,5-7,10,13-15H2,1-4H3,(H2,21,22,23). The van der Waals surface area contributed by atoms with Crippen LogP contribution in [-0.4, -0.2) is 64.8 Å². The van der Waals surface area contributed by atoms with Crippen LogP contribution in [0.2, 0.25) is 5.02 Å². The second-order valence-electron chi connectivity index (χ2n) is 6.29. The lowest BCUT2D eigenvalue weighted by Gasteiger charge is -2.31. The van der Waals surface area contributed by atoms with Gasteiger partial charge in [-0.25, -0.2) is 13.1 Å². The molecular formula is C19H34ClN5O2S. The van der Waals surface area contributed by atoms with Crippen molar-refractivity contribution in [2.45, 2.75) is 33.2 Å². The minimum absolute atomic E-state index is 0.0957.